The Morgan fingerprint density at radius 1 is 1.26 bits per heavy atom. The van der Waals surface area contributed by atoms with Crippen LogP contribution in [0.2, 0.25) is 0 Å². The van der Waals surface area contributed by atoms with Crippen molar-refractivity contribution in [3.8, 4) is 11.4 Å². The molecule has 0 spiro atoms. The first-order valence-electron chi connectivity index (χ1n) is 12.1. The quantitative estimate of drug-likeness (QED) is 0.482. The van der Waals surface area contributed by atoms with Crippen molar-refractivity contribution in [1.82, 2.24) is 19.4 Å². The minimum absolute atomic E-state index is 0.0682. The van der Waals surface area contributed by atoms with E-state index in [2.05, 4.69) is 65.5 Å². The molecular weight excluding hydrogens is 458 g/mol. The number of amidine groups is 1. The summed E-state index contributed by atoms with van der Waals surface area (Å²) in [5.74, 6) is 1.78. The highest BCUT2D eigenvalue weighted by Crippen LogP contribution is 2.30. The van der Waals surface area contributed by atoms with Crippen molar-refractivity contribution < 1.29 is 9.57 Å². The maximum absolute atomic E-state index is 5.74. The van der Waals surface area contributed by atoms with Crippen molar-refractivity contribution in [3.05, 3.63) is 69.7 Å². The molecule has 7 nitrogen and oxygen atoms in total. The fraction of sp³-hybridized carbons (Fsp3) is 0.444. The number of thiazole rings is 1. The highest BCUT2D eigenvalue weighted by molar-refractivity contribution is 7.09. The van der Waals surface area contributed by atoms with E-state index in [1.807, 2.05) is 24.0 Å². The molecule has 5 rings (SSSR count). The van der Waals surface area contributed by atoms with E-state index in [1.54, 1.807) is 18.4 Å². The van der Waals surface area contributed by atoms with Crippen molar-refractivity contribution in [2.75, 3.05) is 20.3 Å². The van der Waals surface area contributed by atoms with E-state index in [0.29, 0.717) is 6.61 Å². The van der Waals surface area contributed by atoms with Crippen LogP contribution in [-0.4, -0.2) is 51.6 Å². The number of nitrogens with zero attached hydrogens (tertiary/aromatic N) is 5. The lowest BCUT2D eigenvalue weighted by Crippen LogP contribution is -2.49. The SMILES string of the molecule is COc1cc(CC2=CCCN3C2=NOCC3Cc2nc(C(C)(C)C)cs2)ccc1-n1cnc(C)c1. The molecule has 35 heavy (non-hydrogen) atoms. The first kappa shape index (κ1) is 23.6. The van der Waals surface area contributed by atoms with Gasteiger partial charge in [0.25, 0.3) is 0 Å². The Morgan fingerprint density at radius 3 is 2.83 bits per heavy atom. The fourth-order valence-electron chi connectivity index (χ4n) is 4.59. The highest BCUT2D eigenvalue weighted by Gasteiger charge is 2.32. The van der Waals surface area contributed by atoms with Crippen molar-refractivity contribution in [2.24, 2.45) is 5.16 Å². The lowest BCUT2D eigenvalue weighted by molar-refractivity contribution is 0.0603. The lowest BCUT2D eigenvalue weighted by atomic mass is 9.93. The molecule has 0 saturated carbocycles. The second kappa shape index (κ2) is 9.49. The van der Waals surface area contributed by atoms with Crippen LogP contribution in [0, 0.1) is 6.92 Å². The zero-order valence-electron chi connectivity index (χ0n) is 21.1. The van der Waals surface area contributed by atoms with Crippen LogP contribution in [0.3, 0.4) is 0 Å². The molecule has 0 aliphatic carbocycles. The van der Waals surface area contributed by atoms with Gasteiger partial charge in [0.15, 0.2) is 5.84 Å². The number of oxime groups is 1. The van der Waals surface area contributed by atoms with Crippen LogP contribution in [0.15, 0.2) is 52.9 Å². The average molecular weight is 492 g/mol. The smallest absolute Gasteiger partial charge is 0.171 e. The Hall–Kier alpha value is -3.13. The van der Waals surface area contributed by atoms with Crippen LogP contribution in [0.1, 0.15) is 49.2 Å². The molecular formula is C27H33N5O2S. The molecule has 0 amide bonds. The standard InChI is InChI=1S/C27H33N5O2S/c1-18-14-31(17-28-18)22-9-8-19(12-23(22)33-5)11-20-7-6-10-32-21(15-34-30-26(20)32)13-25-29-24(16-35-25)27(2,3)4/h7-9,12,14,16-17,21H,6,10-11,13,15H2,1-5H3. The molecule has 1 aromatic carbocycles. The van der Waals surface area contributed by atoms with E-state index in [1.165, 1.54) is 11.1 Å². The van der Waals surface area contributed by atoms with Crippen LogP contribution in [0.4, 0.5) is 0 Å². The van der Waals surface area contributed by atoms with Gasteiger partial charge in [-0.3, -0.25) is 0 Å². The summed E-state index contributed by atoms with van der Waals surface area (Å²) in [6, 6.07) is 6.59. The van der Waals surface area contributed by atoms with Gasteiger partial charge >= 0.3 is 0 Å². The molecule has 1 unspecified atom stereocenters. The van der Waals surface area contributed by atoms with E-state index >= 15 is 0 Å². The predicted octanol–water partition coefficient (Wildman–Crippen LogP) is 5.07. The molecule has 4 heterocycles. The number of aromatic nitrogens is 3. The maximum atomic E-state index is 5.74. The lowest BCUT2D eigenvalue weighted by Gasteiger charge is -2.39. The zero-order valence-corrected chi connectivity index (χ0v) is 21.9. The third-order valence-electron chi connectivity index (χ3n) is 6.54. The van der Waals surface area contributed by atoms with Gasteiger partial charge in [0.1, 0.15) is 12.4 Å². The summed E-state index contributed by atoms with van der Waals surface area (Å²) >= 11 is 1.75. The molecule has 2 aliphatic heterocycles. The van der Waals surface area contributed by atoms with E-state index in [0.717, 1.165) is 59.5 Å². The first-order chi connectivity index (χ1) is 16.8. The summed E-state index contributed by atoms with van der Waals surface area (Å²) in [6.07, 6.45) is 8.76. The average Bonchev–Trinajstić information content (AvgIpc) is 3.49. The number of imidazole rings is 1. The molecule has 2 aromatic heterocycles. The highest BCUT2D eigenvalue weighted by atomic mass is 32.1. The second-order valence-electron chi connectivity index (χ2n) is 10.3. The number of ether oxygens (including phenoxy) is 1. The van der Waals surface area contributed by atoms with Crippen molar-refractivity contribution in [1.29, 1.82) is 0 Å². The zero-order chi connectivity index (χ0) is 24.6. The maximum Gasteiger partial charge on any atom is 0.171 e. The summed E-state index contributed by atoms with van der Waals surface area (Å²) in [6.45, 7) is 10.2. The van der Waals surface area contributed by atoms with Crippen LogP contribution in [0.5, 0.6) is 5.75 Å². The molecule has 0 bridgehead atoms. The summed E-state index contributed by atoms with van der Waals surface area (Å²) in [4.78, 5) is 17.4. The summed E-state index contributed by atoms with van der Waals surface area (Å²) < 4.78 is 7.71. The summed E-state index contributed by atoms with van der Waals surface area (Å²) in [5.41, 5.74) is 5.55. The number of rotatable bonds is 6. The Morgan fingerprint density at radius 2 is 2.11 bits per heavy atom. The minimum Gasteiger partial charge on any atom is -0.495 e. The van der Waals surface area contributed by atoms with Crippen molar-refractivity contribution >= 4 is 17.2 Å². The first-order valence-corrected chi connectivity index (χ1v) is 13.0. The molecule has 0 fully saturated rings. The summed E-state index contributed by atoms with van der Waals surface area (Å²) in [7, 11) is 1.71. The Balaban J connectivity index is 1.32. The molecule has 3 aromatic rings. The van der Waals surface area contributed by atoms with E-state index in [4.69, 9.17) is 14.6 Å². The molecule has 0 N–H and O–H groups in total. The molecule has 184 valence electrons. The largest absolute Gasteiger partial charge is 0.495 e. The van der Waals surface area contributed by atoms with Gasteiger partial charge < -0.3 is 19.0 Å². The van der Waals surface area contributed by atoms with Crippen LogP contribution in [0.25, 0.3) is 5.69 Å². The number of methoxy groups -OCH3 is 1. The van der Waals surface area contributed by atoms with Crippen LogP contribution < -0.4 is 4.74 Å². The van der Waals surface area contributed by atoms with Crippen molar-refractivity contribution in [3.63, 3.8) is 0 Å². The van der Waals surface area contributed by atoms with E-state index in [9.17, 15) is 0 Å². The fourth-order valence-corrected chi connectivity index (χ4v) is 5.68. The second-order valence-corrected chi connectivity index (χ2v) is 11.2. The van der Waals surface area contributed by atoms with Gasteiger partial charge in [0.05, 0.1) is 41.6 Å². The van der Waals surface area contributed by atoms with Gasteiger partial charge in [-0.15, -0.1) is 11.3 Å². The Bertz CT molecular complexity index is 1270. The number of fused-ring (bicyclic) bond motifs is 1. The summed E-state index contributed by atoms with van der Waals surface area (Å²) in [5, 5.41) is 7.84. The van der Waals surface area contributed by atoms with Gasteiger partial charge in [-0.05, 0) is 36.6 Å². The van der Waals surface area contributed by atoms with Gasteiger partial charge in [0, 0.05) is 36.4 Å². The predicted molar refractivity (Wildman–Crippen MR) is 140 cm³/mol. The van der Waals surface area contributed by atoms with Crippen LogP contribution >= 0.6 is 11.3 Å². The monoisotopic (exact) mass is 491 g/mol. The number of aryl methyl sites for hydroxylation is 1. The molecule has 0 saturated heterocycles. The normalized spacial score (nSPS) is 18.0. The topological polar surface area (TPSA) is 64.8 Å². The van der Waals surface area contributed by atoms with Crippen molar-refractivity contribution in [2.45, 2.75) is 58.4 Å². The van der Waals surface area contributed by atoms with Gasteiger partial charge in [0.2, 0.25) is 0 Å². The molecule has 8 heteroatoms. The van der Waals surface area contributed by atoms with Crippen LogP contribution in [-0.2, 0) is 23.1 Å². The van der Waals surface area contributed by atoms with Gasteiger partial charge in [-0.2, -0.15) is 0 Å². The Labute approximate surface area is 211 Å². The number of hydrogen-bond acceptors (Lipinski definition) is 7. The minimum atomic E-state index is 0.0682. The number of benzene rings is 1. The number of hydrogen-bond donors (Lipinski definition) is 0. The van der Waals surface area contributed by atoms with Gasteiger partial charge in [-0.25, -0.2) is 9.97 Å². The molecule has 0 radical (unpaired) electrons. The van der Waals surface area contributed by atoms with Gasteiger partial charge in [-0.1, -0.05) is 38.1 Å². The molecule has 2 aliphatic rings. The third-order valence-corrected chi connectivity index (χ3v) is 7.41. The van der Waals surface area contributed by atoms with E-state index < -0.39 is 0 Å². The van der Waals surface area contributed by atoms with E-state index in [-0.39, 0.29) is 11.5 Å². The Kier molecular flexibility index (Phi) is 6.40. The molecule has 1 atom stereocenters. The third kappa shape index (κ3) is 4.98.